The van der Waals surface area contributed by atoms with E-state index in [1.54, 1.807) is 11.8 Å². The summed E-state index contributed by atoms with van der Waals surface area (Å²) in [4.78, 5) is 22.4. The van der Waals surface area contributed by atoms with Crippen molar-refractivity contribution in [2.45, 2.75) is 19.1 Å². The van der Waals surface area contributed by atoms with E-state index in [1.165, 1.54) is 12.1 Å². The molecule has 0 radical (unpaired) electrons. The summed E-state index contributed by atoms with van der Waals surface area (Å²) in [6, 6.07) is 3.44. The van der Waals surface area contributed by atoms with Crippen LogP contribution in [0.4, 0.5) is 17.1 Å². The number of nitro benzene ring substituents is 2. The second-order valence-corrected chi connectivity index (χ2v) is 4.90. The van der Waals surface area contributed by atoms with Gasteiger partial charge >= 0.3 is 0 Å². The smallest absolute Gasteiger partial charge is 0.299 e. The first kappa shape index (κ1) is 15.1. The minimum Gasteiger partial charge on any atom is -0.373 e. The first-order chi connectivity index (χ1) is 9.90. The maximum absolute atomic E-state index is 11.2. The van der Waals surface area contributed by atoms with Gasteiger partial charge in [-0.2, -0.15) is 0 Å². The van der Waals surface area contributed by atoms with E-state index >= 15 is 0 Å². The zero-order chi connectivity index (χ0) is 15.6. The van der Waals surface area contributed by atoms with Gasteiger partial charge in [0.2, 0.25) is 0 Å². The van der Waals surface area contributed by atoms with Crippen molar-refractivity contribution in [2.75, 3.05) is 24.6 Å². The first-order valence-corrected chi connectivity index (χ1v) is 6.45. The number of non-ortho nitro benzene ring substituents is 1. The van der Waals surface area contributed by atoms with E-state index in [0.717, 1.165) is 6.07 Å². The number of anilines is 1. The number of rotatable bonds is 4. The molecule has 0 spiro atoms. The highest BCUT2D eigenvalue weighted by atomic mass is 16.6. The SMILES string of the molecule is CC(N)C1CN(c2ccc([N+](=O)[O-])cc2[N+](=O)[O-])CCO1. The third-order valence-electron chi connectivity index (χ3n) is 3.39. The van der Waals surface area contributed by atoms with E-state index in [-0.39, 0.29) is 23.5 Å². The number of morpholine rings is 1. The average Bonchev–Trinajstić information content (AvgIpc) is 2.46. The van der Waals surface area contributed by atoms with Gasteiger partial charge in [0, 0.05) is 25.2 Å². The largest absolute Gasteiger partial charge is 0.373 e. The average molecular weight is 296 g/mol. The molecule has 1 saturated heterocycles. The van der Waals surface area contributed by atoms with Crippen LogP contribution in [-0.4, -0.2) is 41.7 Å². The van der Waals surface area contributed by atoms with Crippen LogP contribution in [0.2, 0.25) is 0 Å². The zero-order valence-corrected chi connectivity index (χ0v) is 11.5. The van der Waals surface area contributed by atoms with E-state index in [9.17, 15) is 20.2 Å². The number of hydrogen-bond acceptors (Lipinski definition) is 7. The molecule has 9 heteroatoms. The van der Waals surface area contributed by atoms with Crippen molar-refractivity contribution in [3.8, 4) is 0 Å². The third kappa shape index (κ3) is 3.26. The lowest BCUT2D eigenvalue weighted by atomic mass is 10.1. The molecule has 0 saturated carbocycles. The Bertz CT molecular complexity index is 563. The van der Waals surface area contributed by atoms with E-state index in [1.807, 2.05) is 0 Å². The molecule has 21 heavy (non-hydrogen) atoms. The lowest BCUT2D eigenvalue weighted by molar-refractivity contribution is -0.393. The quantitative estimate of drug-likeness (QED) is 0.650. The van der Waals surface area contributed by atoms with Gasteiger partial charge in [0.15, 0.2) is 0 Å². The van der Waals surface area contributed by atoms with Crippen molar-refractivity contribution >= 4 is 17.1 Å². The van der Waals surface area contributed by atoms with Crippen molar-refractivity contribution < 1.29 is 14.6 Å². The van der Waals surface area contributed by atoms with Gasteiger partial charge < -0.3 is 15.4 Å². The molecule has 2 N–H and O–H groups in total. The fourth-order valence-electron chi connectivity index (χ4n) is 2.25. The van der Waals surface area contributed by atoms with Crippen LogP contribution >= 0.6 is 0 Å². The molecule has 0 amide bonds. The molecule has 2 unspecified atom stereocenters. The van der Waals surface area contributed by atoms with Crippen LogP contribution in [-0.2, 0) is 4.74 Å². The molecule has 0 aromatic heterocycles. The van der Waals surface area contributed by atoms with Gasteiger partial charge in [0.05, 0.1) is 28.6 Å². The second kappa shape index (κ2) is 6.02. The van der Waals surface area contributed by atoms with Crippen molar-refractivity contribution in [1.82, 2.24) is 0 Å². The molecular formula is C12H16N4O5. The molecule has 1 fully saturated rings. The predicted molar refractivity (Wildman–Crippen MR) is 75.4 cm³/mol. The number of benzene rings is 1. The minimum absolute atomic E-state index is 0.204. The maximum Gasteiger partial charge on any atom is 0.299 e. The summed E-state index contributed by atoms with van der Waals surface area (Å²) in [5.41, 5.74) is 5.55. The Hall–Kier alpha value is -2.26. The van der Waals surface area contributed by atoms with Crippen molar-refractivity contribution in [1.29, 1.82) is 0 Å². The highest BCUT2D eigenvalue weighted by Gasteiger charge is 2.29. The number of nitrogens with two attached hydrogens (primary N) is 1. The Morgan fingerprint density at radius 1 is 1.38 bits per heavy atom. The standard InChI is InChI=1S/C12H16N4O5/c1-8(13)12-7-14(4-5-21-12)10-3-2-9(15(17)18)6-11(10)16(19)20/h2-3,6,8,12H,4-5,7,13H2,1H3. The van der Waals surface area contributed by atoms with Crippen LogP contribution in [0.15, 0.2) is 18.2 Å². The summed E-state index contributed by atoms with van der Waals surface area (Å²) in [6.45, 7) is 3.09. The molecule has 9 nitrogen and oxygen atoms in total. The van der Waals surface area contributed by atoms with Gasteiger partial charge in [-0.25, -0.2) is 0 Å². The van der Waals surface area contributed by atoms with Gasteiger partial charge in [-0.05, 0) is 13.0 Å². The Balaban J connectivity index is 2.34. The van der Waals surface area contributed by atoms with Gasteiger partial charge in [-0.1, -0.05) is 0 Å². The third-order valence-corrected chi connectivity index (χ3v) is 3.39. The van der Waals surface area contributed by atoms with Gasteiger partial charge in [-0.15, -0.1) is 0 Å². The van der Waals surface area contributed by atoms with Gasteiger partial charge in [0.1, 0.15) is 5.69 Å². The first-order valence-electron chi connectivity index (χ1n) is 6.45. The predicted octanol–water partition coefficient (Wildman–Crippen LogP) is 1.06. The monoisotopic (exact) mass is 296 g/mol. The second-order valence-electron chi connectivity index (χ2n) is 4.90. The van der Waals surface area contributed by atoms with E-state index in [2.05, 4.69) is 0 Å². The molecule has 2 rings (SSSR count). The van der Waals surface area contributed by atoms with Crippen LogP contribution in [0.5, 0.6) is 0 Å². The van der Waals surface area contributed by atoms with Crippen LogP contribution in [0, 0.1) is 20.2 Å². The number of hydrogen-bond donors (Lipinski definition) is 1. The van der Waals surface area contributed by atoms with E-state index in [0.29, 0.717) is 25.4 Å². The van der Waals surface area contributed by atoms with Gasteiger partial charge in [-0.3, -0.25) is 20.2 Å². The highest BCUT2D eigenvalue weighted by Crippen LogP contribution is 2.33. The molecular weight excluding hydrogens is 280 g/mol. The summed E-state index contributed by atoms with van der Waals surface area (Å²) in [7, 11) is 0. The lowest BCUT2D eigenvalue weighted by Gasteiger charge is -2.35. The van der Waals surface area contributed by atoms with E-state index < -0.39 is 9.85 Å². The number of nitrogens with zero attached hydrogens (tertiary/aromatic N) is 3. The molecule has 1 aliphatic rings. The molecule has 1 aromatic rings. The van der Waals surface area contributed by atoms with E-state index in [4.69, 9.17) is 10.5 Å². The molecule has 2 atom stereocenters. The van der Waals surface area contributed by atoms with Crippen molar-refractivity contribution in [3.63, 3.8) is 0 Å². The number of ether oxygens (including phenoxy) is 1. The molecule has 1 aliphatic heterocycles. The number of nitro groups is 2. The Kier molecular flexibility index (Phi) is 4.34. The van der Waals surface area contributed by atoms with Crippen LogP contribution in [0.25, 0.3) is 0 Å². The lowest BCUT2D eigenvalue weighted by Crippen LogP contribution is -2.49. The summed E-state index contributed by atoms with van der Waals surface area (Å²) in [5, 5.41) is 21.9. The molecule has 114 valence electrons. The summed E-state index contributed by atoms with van der Waals surface area (Å²) in [6.07, 6.45) is -0.228. The zero-order valence-electron chi connectivity index (χ0n) is 11.5. The highest BCUT2D eigenvalue weighted by molar-refractivity contribution is 5.67. The normalized spacial score (nSPS) is 20.1. The van der Waals surface area contributed by atoms with Crippen molar-refractivity contribution in [2.24, 2.45) is 5.73 Å². The molecule has 0 bridgehead atoms. The van der Waals surface area contributed by atoms with Gasteiger partial charge in [0.25, 0.3) is 11.4 Å². The summed E-state index contributed by atoms with van der Waals surface area (Å²) >= 11 is 0. The topological polar surface area (TPSA) is 125 Å². The van der Waals surface area contributed by atoms with Crippen molar-refractivity contribution in [3.05, 3.63) is 38.4 Å². The fraction of sp³-hybridized carbons (Fsp3) is 0.500. The minimum atomic E-state index is -0.652. The fourth-order valence-corrected chi connectivity index (χ4v) is 2.25. The van der Waals surface area contributed by atoms with Crippen LogP contribution < -0.4 is 10.6 Å². The Morgan fingerprint density at radius 3 is 2.67 bits per heavy atom. The molecule has 1 aromatic carbocycles. The van der Waals surface area contributed by atoms with Crippen LogP contribution in [0.1, 0.15) is 6.92 Å². The maximum atomic E-state index is 11.2. The molecule has 0 aliphatic carbocycles. The van der Waals surface area contributed by atoms with Crippen LogP contribution in [0.3, 0.4) is 0 Å². The Morgan fingerprint density at radius 2 is 2.10 bits per heavy atom. The summed E-state index contributed by atoms with van der Waals surface area (Å²) < 4.78 is 5.51. The molecule has 1 heterocycles. The Labute approximate surface area is 120 Å². The summed E-state index contributed by atoms with van der Waals surface area (Å²) in [5.74, 6) is 0.